The van der Waals surface area contributed by atoms with Gasteiger partial charge in [0.05, 0.1) is 11.0 Å². The van der Waals surface area contributed by atoms with E-state index in [-0.39, 0.29) is 11.0 Å². The fourth-order valence-corrected chi connectivity index (χ4v) is 5.61. The first-order valence-electron chi connectivity index (χ1n) is 8.41. The van der Waals surface area contributed by atoms with Gasteiger partial charge in [-0.3, -0.25) is 9.13 Å². The maximum absolute atomic E-state index is 14.6. The highest BCUT2D eigenvalue weighted by Gasteiger charge is 2.42. The SMILES string of the molecule is Cn1c(=O)n(C2NNC(C(F)F)S2)c2cc(S(=O)(=O)NC3(C)CC3)c(F)cc21. The summed E-state index contributed by atoms with van der Waals surface area (Å²) in [6.07, 6.45) is -1.38. The van der Waals surface area contributed by atoms with E-state index in [1.54, 1.807) is 6.92 Å². The Morgan fingerprint density at radius 2 is 1.96 bits per heavy atom. The Morgan fingerprint density at radius 1 is 1.29 bits per heavy atom. The molecule has 28 heavy (non-hydrogen) atoms. The van der Waals surface area contributed by atoms with Gasteiger partial charge in [-0.25, -0.2) is 42.0 Å². The maximum Gasteiger partial charge on any atom is 0.330 e. The number of imidazole rings is 1. The van der Waals surface area contributed by atoms with Gasteiger partial charge in [0.1, 0.15) is 16.1 Å². The lowest BCUT2D eigenvalue weighted by atomic mass is 10.3. The van der Waals surface area contributed by atoms with Crippen LogP contribution < -0.4 is 21.3 Å². The molecule has 1 aliphatic heterocycles. The Labute approximate surface area is 162 Å². The van der Waals surface area contributed by atoms with Gasteiger partial charge in [0, 0.05) is 18.7 Å². The van der Waals surface area contributed by atoms with Gasteiger partial charge in [-0.2, -0.15) is 0 Å². The maximum atomic E-state index is 14.6. The van der Waals surface area contributed by atoms with Crippen molar-refractivity contribution < 1.29 is 21.6 Å². The Morgan fingerprint density at radius 3 is 2.54 bits per heavy atom. The molecule has 0 spiro atoms. The van der Waals surface area contributed by atoms with Crippen molar-refractivity contribution in [2.75, 3.05) is 0 Å². The van der Waals surface area contributed by atoms with Crippen molar-refractivity contribution in [1.29, 1.82) is 0 Å². The minimum Gasteiger partial charge on any atom is -0.295 e. The van der Waals surface area contributed by atoms with Gasteiger partial charge in [-0.1, -0.05) is 11.8 Å². The quantitative estimate of drug-likeness (QED) is 0.651. The number of benzene rings is 1. The Kier molecular flexibility index (Phi) is 4.58. The fraction of sp³-hybridized carbons (Fsp3) is 0.533. The molecule has 2 fully saturated rings. The molecule has 2 atom stereocenters. The second-order valence-corrected chi connectivity index (χ2v) is 10.1. The summed E-state index contributed by atoms with van der Waals surface area (Å²) in [5.74, 6) is -0.993. The highest BCUT2D eigenvalue weighted by Crippen LogP contribution is 2.37. The fourth-order valence-electron chi connectivity index (χ4n) is 3.07. The topological polar surface area (TPSA) is 97.2 Å². The zero-order valence-corrected chi connectivity index (χ0v) is 16.5. The van der Waals surface area contributed by atoms with Crippen LogP contribution in [-0.2, 0) is 17.1 Å². The first-order chi connectivity index (χ1) is 13.0. The molecule has 4 rings (SSSR count). The summed E-state index contributed by atoms with van der Waals surface area (Å²) in [7, 11) is -2.76. The third-order valence-electron chi connectivity index (χ3n) is 4.90. The van der Waals surface area contributed by atoms with Gasteiger partial charge < -0.3 is 0 Å². The zero-order chi connectivity index (χ0) is 20.4. The number of nitrogens with one attached hydrogen (secondary N) is 3. The molecule has 0 amide bonds. The molecule has 2 aliphatic rings. The van der Waals surface area contributed by atoms with Crippen molar-refractivity contribution in [3.63, 3.8) is 0 Å². The predicted octanol–water partition coefficient (Wildman–Crippen LogP) is 1.20. The number of nitrogens with zero attached hydrogens (tertiary/aromatic N) is 2. The van der Waals surface area contributed by atoms with E-state index in [2.05, 4.69) is 15.6 Å². The van der Waals surface area contributed by atoms with Crippen LogP contribution in [0.3, 0.4) is 0 Å². The highest BCUT2D eigenvalue weighted by molar-refractivity contribution is 8.00. The van der Waals surface area contributed by atoms with E-state index in [1.807, 2.05) is 0 Å². The van der Waals surface area contributed by atoms with Crippen LogP contribution in [0.15, 0.2) is 21.8 Å². The standard InChI is InChI=1S/C15H18F3N5O3S2/c1-15(3-4-15)21-28(25,26)10-6-9-8(5-7(10)16)22(2)14(24)23(9)13-20-19-12(27-13)11(17)18/h5-6,11-13,19-21H,3-4H2,1-2H3. The normalized spacial score (nSPS) is 24.4. The minimum absolute atomic E-state index is 0.122. The van der Waals surface area contributed by atoms with Crippen LogP contribution in [0.5, 0.6) is 0 Å². The lowest BCUT2D eigenvalue weighted by Gasteiger charge is -2.14. The molecule has 8 nitrogen and oxygen atoms in total. The number of hydrogen-bond acceptors (Lipinski definition) is 6. The van der Waals surface area contributed by atoms with Crippen molar-refractivity contribution in [1.82, 2.24) is 24.7 Å². The van der Waals surface area contributed by atoms with Crippen molar-refractivity contribution in [2.24, 2.45) is 7.05 Å². The van der Waals surface area contributed by atoms with E-state index in [9.17, 15) is 26.4 Å². The molecule has 154 valence electrons. The lowest BCUT2D eigenvalue weighted by molar-refractivity contribution is 0.131. The Hall–Kier alpha value is -1.54. The molecule has 1 saturated carbocycles. The summed E-state index contributed by atoms with van der Waals surface area (Å²) < 4.78 is 70.5. The zero-order valence-electron chi connectivity index (χ0n) is 14.9. The van der Waals surface area contributed by atoms with Crippen molar-refractivity contribution in [2.45, 2.75) is 47.5 Å². The third kappa shape index (κ3) is 3.24. The van der Waals surface area contributed by atoms with Gasteiger partial charge >= 0.3 is 5.69 Å². The number of hydrazine groups is 1. The molecule has 1 aromatic heterocycles. The van der Waals surface area contributed by atoms with Gasteiger partial charge in [0.2, 0.25) is 10.0 Å². The number of alkyl halides is 2. The number of halogens is 3. The van der Waals surface area contributed by atoms with E-state index >= 15 is 0 Å². The van der Waals surface area contributed by atoms with Crippen molar-refractivity contribution >= 4 is 32.8 Å². The monoisotopic (exact) mass is 437 g/mol. The molecule has 2 unspecified atom stereocenters. The number of aryl methyl sites for hydroxylation is 1. The second-order valence-electron chi connectivity index (χ2n) is 7.18. The minimum atomic E-state index is -4.16. The summed E-state index contributed by atoms with van der Waals surface area (Å²) in [5.41, 5.74) is 3.16. The van der Waals surface area contributed by atoms with Crippen molar-refractivity contribution in [3.05, 3.63) is 28.4 Å². The number of sulfonamides is 1. The molecule has 0 bridgehead atoms. The summed E-state index contributed by atoms with van der Waals surface area (Å²) >= 11 is 0.770. The van der Waals surface area contributed by atoms with Crippen LogP contribution in [0.4, 0.5) is 13.2 Å². The highest BCUT2D eigenvalue weighted by atomic mass is 32.2. The smallest absolute Gasteiger partial charge is 0.295 e. The van der Waals surface area contributed by atoms with Gasteiger partial charge in [0.25, 0.3) is 6.43 Å². The number of fused-ring (bicyclic) bond motifs is 1. The van der Waals surface area contributed by atoms with E-state index in [0.717, 1.165) is 33.0 Å². The van der Waals surface area contributed by atoms with Crippen LogP contribution in [0.25, 0.3) is 11.0 Å². The average molecular weight is 437 g/mol. The van der Waals surface area contributed by atoms with Gasteiger partial charge in [0.15, 0.2) is 5.50 Å². The van der Waals surface area contributed by atoms with E-state index in [1.165, 1.54) is 7.05 Å². The summed E-state index contributed by atoms with van der Waals surface area (Å²) in [5, 5.41) is -1.24. The second kappa shape index (κ2) is 6.49. The van der Waals surface area contributed by atoms with Crippen LogP contribution in [0, 0.1) is 5.82 Å². The Bertz CT molecular complexity index is 1110. The number of rotatable bonds is 5. The molecule has 1 aromatic carbocycles. The van der Waals surface area contributed by atoms with Crippen LogP contribution in [0.2, 0.25) is 0 Å². The van der Waals surface area contributed by atoms with Crippen molar-refractivity contribution in [3.8, 4) is 0 Å². The largest absolute Gasteiger partial charge is 0.330 e. The van der Waals surface area contributed by atoms with E-state index < -0.39 is 49.3 Å². The summed E-state index contributed by atoms with van der Waals surface area (Å²) in [4.78, 5) is 12.0. The Balaban J connectivity index is 1.83. The molecule has 2 aromatic rings. The first kappa shape index (κ1) is 19.8. The van der Waals surface area contributed by atoms with Crippen LogP contribution in [-0.4, -0.2) is 34.9 Å². The number of hydrogen-bond donors (Lipinski definition) is 3. The first-order valence-corrected chi connectivity index (χ1v) is 10.8. The molecule has 1 aliphatic carbocycles. The van der Waals surface area contributed by atoms with Crippen LogP contribution >= 0.6 is 11.8 Å². The summed E-state index contributed by atoms with van der Waals surface area (Å²) in [6, 6.07) is 2.03. The van der Waals surface area contributed by atoms with E-state index in [0.29, 0.717) is 12.8 Å². The molecule has 13 heteroatoms. The molecular formula is C15H18F3N5O3S2. The average Bonchev–Trinajstić information content (AvgIpc) is 3.04. The molecule has 1 saturated heterocycles. The number of thioether (sulfide) groups is 1. The predicted molar refractivity (Wildman–Crippen MR) is 97.8 cm³/mol. The van der Waals surface area contributed by atoms with Gasteiger partial charge in [-0.15, -0.1) is 0 Å². The third-order valence-corrected chi connectivity index (χ3v) is 7.76. The molecular weight excluding hydrogens is 419 g/mol. The molecule has 3 N–H and O–H groups in total. The number of aromatic nitrogens is 2. The van der Waals surface area contributed by atoms with Gasteiger partial charge in [-0.05, 0) is 25.8 Å². The summed E-state index contributed by atoms with van der Waals surface area (Å²) in [6.45, 7) is 1.72. The van der Waals surface area contributed by atoms with E-state index in [4.69, 9.17) is 0 Å². The van der Waals surface area contributed by atoms with Crippen LogP contribution in [0.1, 0.15) is 25.3 Å². The molecule has 0 radical (unpaired) electrons. The lowest BCUT2D eigenvalue weighted by Crippen LogP contribution is -2.37. The molecule has 2 heterocycles.